The first-order valence-electron chi connectivity index (χ1n) is 6.04. The molecule has 18 heavy (non-hydrogen) atoms. The highest BCUT2D eigenvalue weighted by atomic mass is 32.2. The third-order valence-electron chi connectivity index (χ3n) is 3.70. The molecule has 1 heterocycles. The van der Waals surface area contributed by atoms with Crippen molar-refractivity contribution in [3.63, 3.8) is 0 Å². The molecule has 0 radical (unpaired) electrons. The maximum absolute atomic E-state index is 13.7. The van der Waals surface area contributed by atoms with Gasteiger partial charge < -0.3 is 4.90 Å². The lowest BCUT2D eigenvalue weighted by Crippen LogP contribution is -2.64. The fourth-order valence-corrected chi connectivity index (χ4v) is 4.60. The Morgan fingerprint density at radius 2 is 1.83 bits per heavy atom. The van der Waals surface area contributed by atoms with Gasteiger partial charge in [-0.1, -0.05) is 0 Å². The molecule has 104 valence electrons. The Morgan fingerprint density at radius 1 is 1.28 bits per heavy atom. The van der Waals surface area contributed by atoms with Crippen LogP contribution in [-0.2, 0) is 14.8 Å². The van der Waals surface area contributed by atoms with Gasteiger partial charge in [0.05, 0.1) is 5.75 Å². The van der Waals surface area contributed by atoms with Crippen molar-refractivity contribution in [3.8, 4) is 0 Å². The molecule has 0 N–H and O–H groups in total. The Kier molecular flexibility index (Phi) is 2.98. The average Bonchev–Trinajstić information content (AvgIpc) is 2.90. The molecule has 2 fully saturated rings. The van der Waals surface area contributed by atoms with Gasteiger partial charge in [-0.05, 0) is 26.7 Å². The number of piperazine rings is 1. The number of rotatable bonds is 3. The third-order valence-corrected chi connectivity index (χ3v) is 5.89. The summed E-state index contributed by atoms with van der Waals surface area (Å²) in [5.41, 5.74) is -2.70. The number of likely N-dealkylation sites (N-methyl/N-ethyl adjacent to an activating group) is 1. The van der Waals surface area contributed by atoms with E-state index in [1.807, 2.05) is 0 Å². The van der Waals surface area contributed by atoms with Crippen molar-refractivity contribution in [3.05, 3.63) is 0 Å². The molecular formula is C11H19FN2O3S. The average molecular weight is 278 g/mol. The molecule has 2 aliphatic rings. The zero-order valence-corrected chi connectivity index (χ0v) is 11.8. The van der Waals surface area contributed by atoms with E-state index in [-0.39, 0.29) is 12.5 Å². The van der Waals surface area contributed by atoms with Gasteiger partial charge >= 0.3 is 0 Å². The van der Waals surface area contributed by atoms with Crippen LogP contribution >= 0.6 is 0 Å². The molecule has 5 nitrogen and oxygen atoms in total. The lowest BCUT2D eigenvalue weighted by molar-refractivity contribution is -0.142. The van der Waals surface area contributed by atoms with Crippen molar-refractivity contribution in [2.45, 2.75) is 37.9 Å². The van der Waals surface area contributed by atoms with Crippen molar-refractivity contribution < 1.29 is 17.6 Å². The van der Waals surface area contributed by atoms with Gasteiger partial charge in [-0.3, -0.25) is 4.79 Å². The predicted molar refractivity (Wildman–Crippen MR) is 65.3 cm³/mol. The van der Waals surface area contributed by atoms with Crippen LogP contribution in [0.3, 0.4) is 0 Å². The summed E-state index contributed by atoms with van der Waals surface area (Å²) < 4.78 is 39.3. The molecule has 0 aromatic heterocycles. The lowest BCUT2D eigenvalue weighted by Gasteiger charge is -2.43. The maximum atomic E-state index is 13.7. The summed E-state index contributed by atoms with van der Waals surface area (Å²) >= 11 is 0. The first kappa shape index (κ1) is 13.7. The number of hydrogen-bond donors (Lipinski definition) is 0. The van der Waals surface area contributed by atoms with Crippen molar-refractivity contribution in [1.29, 1.82) is 0 Å². The minimum Gasteiger partial charge on any atom is -0.343 e. The van der Waals surface area contributed by atoms with E-state index >= 15 is 0 Å². The van der Waals surface area contributed by atoms with Gasteiger partial charge in [0.25, 0.3) is 0 Å². The van der Waals surface area contributed by atoms with Crippen LogP contribution in [0.25, 0.3) is 0 Å². The minimum atomic E-state index is -3.73. The van der Waals surface area contributed by atoms with Gasteiger partial charge in [0.15, 0.2) is 0 Å². The van der Waals surface area contributed by atoms with Crippen molar-refractivity contribution in [2.24, 2.45) is 0 Å². The molecule has 1 saturated heterocycles. The highest BCUT2D eigenvalue weighted by Gasteiger charge is 2.52. The summed E-state index contributed by atoms with van der Waals surface area (Å²) in [6.07, 6.45) is 0.600. The number of sulfonamides is 1. The molecule has 0 spiro atoms. The van der Waals surface area contributed by atoms with Gasteiger partial charge in [-0.25, -0.2) is 12.8 Å². The molecule has 7 heteroatoms. The molecule has 1 aliphatic carbocycles. The topological polar surface area (TPSA) is 57.7 Å². The van der Waals surface area contributed by atoms with Crippen LogP contribution in [-0.4, -0.2) is 60.6 Å². The lowest BCUT2D eigenvalue weighted by atomic mass is 10.0. The van der Waals surface area contributed by atoms with Gasteiger partial charge in [0.1, 0.15) is 11.2 Å². The summed E-state index contributed by atoms with van der Waals surface area (Å²) in [6, 6.07) is 0. The largest absolute Gasteiger partial charge is 0.343 e. The van der Waals surface area contributed by atoms with E-state index < -0.39 is 27.0 Å². The SMILES string of the molecule is CN1CCN(S(=O)(=O)CC2(F)CC2)C(C)(C)C1=O. The summed E-state index contributed by atoms with van der Waals surface area (Å²) in [4.78, 5) is 13.5. The number of halogens is 1. The third kappa shape index (κ3) is 2.25. The van der Waals surface area contributed by atoms with E-state index in [2.05, 4.69) is 0 Å². The summed E-state index contributed by atoms with van der Waals surface area (Å²) in [7, 11) is -2.09. The highest BCUT2D eigenvalue weighted by molar-refractivity contribution is 7.89. The van der Waals surface area contributed by atoms with E-state index in [4.69, 9.17) is 0 Å². The van der Waals surface area contributed by atoms with Crippen LogP contribution in [0.1, 0.15) is 26.7 Å². The number of alkyl halides is 1. The summed E-state index contributed by atoms with van der Waals surface area (Å²) in [5, 5.41) is 0. The quantitative estimate of drug-likeness (QED) is 0.749. The minimum absolute atomic E-state index is 0.230. The number of hydrogen-bond acceptors (Lipinski definition) is 3. The standard InChI is InChI=1S/C11H19FN2O3S/c1-10(2)9(15)13(3)6-7-14(10)18(16,17)8-11(12)4-5-11/h4-8H2,1-3H3. The smallest absolute Gasteiger partial charge is 0.243 e. The first-order valence-corrected chi connectivity index (χ1v) is 7.64. The molecule has 0 aromatic carbocycles. The number of carbonyl (C=O) groups is 1. The first-order chi connectivity index (χ1) is 8.08. The Bertz CT molecular complexity index is 471. The number of carbonyl (C=O) groups excluding carboxylic acids is 1. The van der Waals surface area contributed by atoms with Crippen LogP contribution < -0.4 is 0 Å². The van der Waals surface area contributed by atoms with E-state index in [1.54, 1.807) is 20.9 Å². The van der Waals surface area contributed by atoms with E-state index in [0.717, 1.165) is 4.31 Å². The van der Waals surface area contributed by atoms with E-state index in [9.17, 15) is 17.6 Å². The zero-order chi connectivity index (χ0) is 13.8. The second-order valence-corrected chi connectivity index (χ2v) is 7.66. The molecule has 0 bridgehead atoms. The normalized spacial score (nSPS) is 27.3. The number of nitrogens with zero attached hydrogens (tertiary/aromatic N) is 2. The monoisotopic (exact) mass is 278 g/mol. The Balaban J connectivity index is 2.24. The second-order valence-electron chi connectivity index (χ2n) is 5.76. The Morgan fingerprint density at radius 3 is 2.33 bits per heavy atom. The van der Waals surface area contributed by atoms with Crippen LogP contribution in [0, 0.1) is 0 Å². The van der Waals surface area contributed by atoms with E-state index in [1.165, 1.54) is 4.90 Å². The molecule has 0 aromatic rings. The molecular weight excluding hydrogens is 259 g/mol. The van der Waals surface area contributed by atoms with Crippen LogP contribution in [0.15, 0.2) is 0 Å². The molecule has 0 atom stereocenters. The zero-order valence-electron chi connectivity index (χ0n) is 10.9. The van der Waals surface area contributed by atoms with Gasteiger partial charge in [-0.2, -0.15) is 4.31 Å². The highest BCUT2D eigenvalue weighted by Crippen LogP contribution is 2.42. The second kappa shape index (κ2) is 3.90. The predicted octanol–water partition coefficient (Wildman–Crippen LogP) is 0.371. The van der Waals surface area contributed by atoms with Crippen molar-refractivity contribution >= 4 is 15.9 Å². The van der Waals surface area contributed by atoms with Crippen molar-refractivity contribution in [1.82, 2.24) is 9.21 Å². The number of amides is 1. The van der Waals surface area contributed by atoms with Crippen molar-refractivity contribution in [2.75, 3.05) is 25.9 Å². The van der Waals surface area contributed by atoms with Gasteiger partial charge in [0.2, 0.25) is 15.9 Å². The Hall–Kier alpha value is -0.690. The van der Waals surface area contributed by atoms with E-state index in [0.29, 0.717) is 19.4 Å². The molecule has 2 rings (SSSR count). The summed E-state index contributed by atoms with van der Waals surface area (Å²) in [5.74, 6) is -0.749. The maximum Gasteiger partial charge on any atom is 0.243 e. The van der Waals surface area contributed by atoms with Crippen LogP contribution in [0.4, 0.5) is 4.39 Å². The fourth-order valence-electron chi connectivity index (χ4n) is 2.37. The van der Waals surface area contributed by atoms with Crippen LogP contribution in [0.2, 0.25) is 0 Å². The Labute approximate surface area is 107 Å². The molecule has 1 saturated carbocycles. The summed E-state index contributed by atoms with van der Waals surface area (Å²) in [6.45, 7) is 3.72. The van der Waals surface area contributed by atoms with Gasteiger partial charge in [-0.15, -0.1) is 0 Å². The molecule has 0 unspecified atom stereocenters. The van der Waals surface area contributed by atoms with Gasteiger partial charge in [0, 0.05) is 20.1 Å². The fraction of sp³-hybridized carbons (Fsp3) is 0.909. The molecule has 1 aliphatic heterocycles. The molecule has 1 amide bonds. The van der Waals surface area contributed by atoms with Crippen LogP contribution in [0.5, 0.6) is 0 Å².